The number of benzene rings is 2. The Kier molecular flexibility index (Phi) is 4.44. The van der Waals surface area contributed by atoms with E-state index in [2.05, 4.69) is 10.5 Å². The van der Waals surface area contributed by atoms with Gasteiger partial charge in [-0.2, -0.15) is 0 Å². The zero-order valence-electron chi connectivity index (χ0n) is 13.5. The lowest BCUT2D eigenvalue weighted by Gasteiger charge is -2.26. The van der Waals surface area contributed by atoms with Crippen LogP contribution in [0.3, 0.4) is 0 Å². The molecule has 0 bridgehead atoms. The van der Waals surface area contributed by atoms with E-state index < -0.39 is 5.60 Å². The summed E-state index contributed by atoms with van der Waals surface area (Å²) in [7, 11) is 1.50. The summed E-state index contributed by atoms with van der Waals surface area (Å²) in [5, 5.41) is 6.66. The molecule has 0 unspecified atom stereocenters. The monoisotopic (exact) mass is 322 g/mol. The maximum absolute atomic E-state index is 12.7. The number of carbonyl (C=O) groups excluding carboxylic acids is 1. The number of nitrogens with one attached hydrogen (secondary N) is 1. The Morgan fingerprint density at radius 3 is 2.33 bits per heavy atom. The molecule has 3 aromatic rings. The molecule has 1 N–H and O–H groups in total. The fourth-order valence-corrected chi connectivity index (χ4v) is 2.41. The Morgan fingerprint density at radius 1 is 1.08 bits per heavy atom. The molecule has 1 atom stereocenters. The van der Waals surface area contributed by atoms with Crippen LogP contribution in [0.2, 0.25) is 0 Å². The Morgan fingerprint density at radius 2 is 1.71 bits per heavy atom. The number of rotatable bonds is 5. The molecule has 0 aliphatic rings. The van der Waals surface area contributed by atoms with E-state index >= 15 is 0 Å². The molecule has 1 heterocycles. The molecule has 122 valence electrons. The molecule has 0 radical (unpaired) electrons. The van der Waals surface area contributed by atoms with Crippen molar-refractivity contribution < 1.29 is 14.1 Å². The number of hydrogen-bond donors (Lipinski definition) is 1. The third kappa shape index (κ3) is 3.07. The molecule has 0 spiro atoms. The van der Waals surface area contributed by atoms with Crippen molar-refractivity contribution in [2.75, 3.05) is 12.4 Å². The van der Waals surface area contributed by atoms with E-state index in [0.29, 0.717) is 11.6 Å². The van der Waals surface area contributed by atoms with Crippen molar-refractivity contribution in [3.63, 3.8) is 0 Å². The average Bonchev–Trinajstić information content (AvgIpc) is 3.11. The zero-order valence-corrected chi connectivity index (χ0v) is 13.5. The van der Waals surface area contributed by atoms with E-state index in [-0.39, 0.29) is 5.91 Å². The summed E-state index contributed by atoms with van der Waals surface area (Å²) >= 11 is 0. The van der Waals surface area contributed by atoms with Crippen LogP contribution in [0.5, 0.6) is 0 Å². The van der Waals surface area contributed by atoms with Crippen LogP contribution in [0.4, 0.5) is 5.82 Å². The van der Waals surface area contributed by atoms with Gasteiger partial charge in [-0.25, -0.2) is 0 Å². The standard InChI is InChI=1S/C19H18N2O3/c1-19(23-2,15-11-7-4-8-12-15)18(22)20-17-13-16(24-21-17)14-9-5-3-6-10-14/h3-13H,1-2H3,(H,20,21,22)/t19-/m0/s1. The van der Waals surface area contributed by atoms with Crippen LogP contribution >= 0.6 is 0 Å². The lowest BCUT2D eigenvalue weighted by Crippen LogP contribution is -2.39. The minimum atomic E-state index is -1.12. The number of ether oxygens (including phenoxy) is 1. The molecule has 5 heteroatoms. The molecule has 5 nitrogen and oxygen atoms in total. The Labute approximate surface area is 140 Å². The van der Waals surface area contributed by atoms with Gasteiger partial charge in [-0.1, -0.05) is 65.8 Å². The van der Waals surface area contributed by atoms with Crippen LogP contribution in [0.1, 0.15) is 12.5 Å². The average molecular weight is 322 g/mol. The number of nitrogens with zero attached hydrogens (tertiary/aromatic N) is 1. The summed E-state index contributed by atoms with van der Waals surface area (Å²) in [4.78, 5) is 12.7. The third-order valence-corrected chi connectivity index (χ3v) is 3.98. The largest absolute Gasteiger partial charge is 0.364 e. The minimum absolute atomic E-state index is 0.316. The topological polar surface area (TPSA) is 64.4 Å². The van der Waals surface area contributed by atoms with Crippen molar-refractivity contribution >= 4 is 11.7 Å². The second kappa shape index (κ2) is 6.68. The third-order valence-electron chi connectivity index (χ3n) is 3.98. The molecular weight excluding hydrogens is 304 g/mol. The maximum Gasteiger partial charge on any atom is 0.262 e. The SMILES string of the molecule is CO[C@](C)(C(=O)Nc1cc(-c2ccccc2)on1)c1ccccc1. The molecular formula is C19H18N2O3. The minimum Gasteiger partial charge on any atom is -0.364 e. The molecule has 2 aromatic carbocycles. The summed E-state index contributed by atoms with van der Waals surface area (Å²) in [6.45, 7) is 1.72. The molecule has 0 aliphatic heterocycles. The van der Waals surface area contributed by atoms with Gasteiger partial charge in [-0.05, 0) is 12.5 Å². The number of methoxy groups -OCH3 is 1. The number of amides is 1. The predicted octanol–water partition coefficient (Wildman–Crippen LogP) is 3.84. The number of anilines is 1. The highest BCUT2D eigenvalue weighted by Crippen LogP contribution is 2.27. The van der Waals surface area contributed by atoms with Gasteiger partial charge in [0, 0.05) is 18.7 Å². The highest BCUT2D eigenvalue weighted by Gasteiger charge is 2.35. The van der Waals surface area contributed by atoms with Crippen LogP contribution in [-0.2, 0) is 15.1 Å². The normalized spacial score (nSPS) is 13.2. The molecule has 1 aromatic heterocycles. The van der Waals surface area contributed by atoms with Crippen LogP contribution in [0, 0.1) is 0 Å². The van der Waals surface area contributed by atoms with Crippen LogP contribution in [0.25, 0.3) is 11.3 Å². The first-order chi connectivity index (χ1) is 11.6. The Balaban J connectivity index is 1.81. The van der Waals surface area contributed by atoms with Gasteiger partial charge in [0.05, 0.1) is 0 Å². The second-order valence-electron chi connectivity index (χ2n) is 5.50. The molecule has 0 saturated carbocycles. The zero-order chi connectivity index (χ0) is 17.0. The van der Waals surface area contributed by atoms with E-state index in [1.165, 1.54) is 7.11 Å². The van der Waals surface area contributed by atoms with Crippen LogP contribution in [-0.4, -0.2) is 18.2 Å². The highest BCUT2D eigenvalue weighted by atomic mass is 16.5. The highest BCUT2D eigenvalue weighted by molar-refractivity contribution is 5.97. The van der Waals surface area contributed by atoms with Crippen molar-refractivity contribution in [1.29, 1.82) is 0 Å². The van der Waals surface area contributed by atoms with Gasteiger partial charge >= 0.3 is 0 Å². The quantitative estimate of drug-likeness (QED) is 0.775. The molecule has 3 rings (SSSR count). The number of aromatic nitrogens is 1. The van der Waals surface area contributed by atoms with E-state index in [1.807, 2.05) is 60.7 Å². The molecule has 0 fully saturated rings. The maximum atomic E-state index is 12.7. The lowest BCUT2D eigenvalue weighted by atomic mass is 9.95. The van der Waals surface area contributed by atoms with Gasteiger partial charge in [-0.15, -0.1) is 0 Å². The summed E-state index contributed by atoms with van der Waals surface area (Å²) in [6.07, 6.45) is 0. The summed E-state index contributed by atoms with van der Waals surface area (Å²) in [5.74, 6) is 0.618. The van der Waals surface area contributed by atoms with Crippen LogP contribution in [0.15, 0.2) is 71.3 Å². The van der Waals surface area contributed by atoms with E-state index in [0.717, 1.165) is 11.1 Å². The van der Waals surface area contributed by atoms with Gasteiger partial charge in [0.2, 0.25) is 0 Å². The summed E-state index contributed by atoms with van der Waals surface area (Å²) in [5.41, 5.74) is 0.535. The van der Waals surface area contributed by atoms with Crippen molar-refractivity contribution in [3.8, 4) is 11.3 Å². The van der Waals surface area contributed by atoms with Crippen molar-refractivity contribution in [1.82, 2.24) is 5.16 Å². The molecule has 0 saturated heterocycles. The summed E-state index contributed by atoms with van der Waals surface area (Å²) in [6, 6.07) is 20.6. The predicted molar refractivity (Wildman–Crippen MR) is 91.4 cm³/mol. The lowest BCUT2D eigenvalue weighted by molar-refractivity contribution is -0.136. The van der Waals surface area contributed by atoms with Gasteiger partial charge in [0.15, 0.2) is 17.2 Å². The van der Waals surface area contributed by atoms with Crippen LogP contribution < -0.4 is 5.32 Å². The van der Waals surface area contributed by atoms with E-state index in [4.69, 9.17) is 9.26 Å². The molecule has 24 heavy (non-hydrogen) atoms. The Hall–Kier alpha value is -2.92. The van der Waals surface area contributed by atoms with Gasteiger partial charge in [0.1, 0.15) is 0 Å². The first-order valence-corrected chi connectivity index (χ1v) is 7.58. The van der Waals surface area contributed by atoms with E-state index in [1.54, 1.807) is 13.0 Å². The van der Waals surface area contributed by atoms with Crippen molar-refractivity contribution in [2.24, 2.45) is 0 Å². The first-order valence-electron chi connectivity index (χ1n) is 7.58. The number of carbonyl (C=O) groups is 1. The summed E-state index contributed by atoms with van der Waals surface area (Å²) < 4.78 is 10.8. The molecule has 1 amide bonds. The molecule has 0 aliphatic carbocycles. The second-order valence-corrected chi connectivity index (χ2v) is 5.50. The van der Waals surface area contributed by atoms with E-state index in [9.17, 15) is 4.79 Å². The fraction of sp³-hybridized carbons (Fsp3) is 0.158. The fourth-order valence-electron chi connectivity index (χ4n) is 2.41. The van der Waals surface area contributed by atoms with Crippen molar-refractivity contribution in [2.45, 2.75) is 12.5 Å². The first kappa shape index (κ1) is 16.0. The van der Waals surface area contributed by atoms with Gasteiger partial charge in [-0.3, -0.25) is 4.79 Å². The van der Waals surface area contributed by atoms with Gasteiger partial charge in [0.25, 0.3) is 5.91 Å². The number of hydrogen-bond acceptors (Lipinski definition) is 4. The van der Waals surface area contributed by atoms with Crippen molar-refractivity contribution in [3.05, 3.63) is 72.3 Å². The Bertz CT molecular complexity index is 815. The van der Waals surface area contributed by atoms with Gasteiger partial charge < -0.3 is 14.6 Å². The smallest absolute Gasteiger partial charge is 0.262 e.